The van der Waals surface area contributed by atoms with Crippen molar-refractivity contribution in [1.29, 1.82) is 0 Å². The van der Waals surface area contributed by atoms with Crippen molar-refractivity contribution >= 4 is 28.1 Å². The van der Waals surface area contributed by atoms with E-state index in [0.29, 0.717) is 17.1 Å². The molecule has 0 radical (unpaired) electrons. The van der Waals surface area contributed by atoms with Gasteiger partial charge in [-0.3, -0.25) is 0 Å². The molecule has 1 fully saturated rings. The molecule has 156 valence electrons. The molecule has 0 unspecified atom stereocenters. The summed E-state index contributed by atoms with van der Waals surface area (Å²) in [7, 11) is 0. The van der Waals surface area contributed by atoms with Crippen LogP contribution in [0.25, 0.3) is 10.8 Å². The van der Waals surface area contributed by atoms with Gasteiger partial charge in [0.15, 0.2) is 5.82 Å². The number of pyridine rings is 1. The number of benzene rings is 1. The van der Waals surface area contributed by atoms with Crippen molar-refractivity contribution in [2.24, 2.45) is 4.99 Å². The molecule has 1 aliphatic heterocycles. The van der Waals surface area contributed by atoms with Crippen molar-refractivity contribution in [1.82, 2.24) is 20.5 Å². The number of anilines is 1. The summed E-state index contributed by atoms with van der Waals surface area (Å²) in [5.41, 5.74) is 0.354. The number of nitrogens with one attached hydrogen (secondary N) is 1. The van der Waals surface area contributed by atoms with Crippen LogP contribution in [0.4, 0.5) is 24.8 Å². The second kappa shape index (κ2) is 7.98. The lowest BCUT2D eigenvalue weighted by Crippen LogP contribution is -2.43. The first-order valence-electron chi connectivity index (χ1n) is 9.64. The van der Waals surface area contributed by atoms with Crippen LogP contribution in [0.15, 0.2) is 41.7 Å². The fourth-order valence-corrected chi connectivity index (χ4v) is 3.65. The summed E-state index contributed by atoms with van der Waals surface area (Å²) in [4.78, 5) is 11.2. The fourth-order valence-electron chi connectivity index (χ4n) is 3.65. The van der Waals surface area contributed by atoms with Gasteiger partial charge in [0.1, 0.15) is 5.82 Å². The fraction of sp³-hybridized carbons (Fsp3) is 0.333. The average molecular weight is 414 g/mol. The van der Waals surface area contributed by atoms with Gasteiger partial charge < -0.3 is 10.2 Å². The topological polar surface area (TPSA) is 66.3 Å². The van der Waals surface area contributed by atoms with Crippen LogP contribution >= 0.6 is 0 Å². The van der Waals surface area contributed by atoms with E-state index in [1.807, 2.05) is 6.07 Å². The lowest BCUT2D eigenvalue weighted by Gasteiger charge is -2.28. The summed E-state index contributed by atoms with van der Waals surface area (Å²) >= 11 is 0. The predicted octanol–water partition coefficient (Wildman–Crippen LogP) is 3.90. The van der Waals surface area contributed by atoms with Gasteiger partial charge in [0.25, 0.3) is 0 Å². The highest BCUT2D eigenvalue weighted by molar-refractivity contribution is 6.03. The van der Waals surface area contributed by atoms with Gasteiger partial charge in [0.2, 0.25) is 0 Å². The Morgan fingerprint density at radius 1 is 1.17 bits per heavy atom. The molecule has 0 spiro atoms. The van der Waals surface area contributed by atoms with Gasteiger partial charge in [0, 0.05) is 48.9 Å². The van der Waals surface area contributed by atoms with Crippen LogP contribution in [-0.2, 0) is 6.18 Å². The molecular weight excluding hydrogens is 393 g/mol. The van der Waals surface area contributed by atoms with Crippen LogP contribution in [0, 0.1) is 6.92 Å². The Bertz CT molecular complexity index is 1100. The number of halogens is 3. The van der Waals surface area contributed by atoms with Crippen LogP contribution in [0.5, 0.6) is 0 Å². The molecule has 0 atom stereocenters. The van der Waals surface area contributed by atoms with Crippen molar-refractivity contribution in [3.8, 4) is 0 Å². The molecule has 1 aromatic carbocycles. The quantitative estimate of drug-likeness (QED) is 0.659. The van der Waals surface area contributed by atoms with Gasteiger partial charge in [-0.05, 0) is 37.1 Å². The number of hydrogen-bond donors (Lipinski definition) is 1. The molecule has 0 amide bonds. The number of aromatic nitrogens is 3. The predicted molar refractivity (Wildman–Crippen MR) is 110 cm³/mol. The first-order chi connectivity index (χ1) is 14.3. The lowest BCUT2D eigenvalue weighted by molar-refractivity contribution is -0.138. The van der Waals surface area contributed by atoms with E-state index in [1.54, 1.807) is 25.4 Å². The summed E-state index contributed by atoms with van der Waals surface area (Å²) in [5, 5.41) is 13.0. The minimum atomic E-state index is -4.41. The van der Waals surface area contributed by atoms with Crippen LogP contribution < -0.4 is 10.2 Å². The van der Waals surface area contributed by atoms with Crippen molar-refractivity contribution < 1.29 is 13.2 Å². The number of piperazine rings is 1. The average Bonchev–Trinajstić information content (AvgIpc) is 2.73. The zero-order valence-corrected chi connectivity index (χ0v) is 16.7. The van der Waals surface area contributed by atoms with E-state index < -0.39 is 11.7 Å². The smallest absolute Gasteiger partial charge is 0.354 e. The number of alkyl halides is 3. The summed E-state index contributed by atoms with van der Waals surface area (Å²) in [6.07, 6.45) is -1.08. The Labute approximate surface area is 171 Å². The maximum atomic E-state index is 13.3. The van der Waals surface area contributed by atoms with Crippen LogP contribution in [0.1, 0.15) is 23.6 Å². The number of rotatable bonds is 3. The molecule has 30 heavy (non-hydrogen) atoms. The summed E-state index contributed by atoms with van der Waals surface area (Å²) in [6.45, 7) is 6.59. The number of fused-ring (bicyclic) bond motifs is 1. The van der Waals surface area contributed by atoms with E-state index in [0.717, 1.165) is 48.8 Å². The zero-order chi connectivity index (χ0) is 21.3. The monoisotopic (exact) mass is 414 g/mol. The van der Waals surface area contributed by atoms with Crippen LogP contribution in [0.2, 0.25) is 0 Å². The SMILES string of the molecule is C/C(=N/c1nncc2cnc(N3CCNCC3)cc12)c1cccc(C(F)(F)F)c1C. The highest BCUT2D eigenvalue weighted by atomic mass is 19.4. The van der Waals surface area contributed by atoms with Gasteiger partial charge >= 0.3 is 6.18 Å². The van der Waals surface area contributed by atoms with Crippen LogP contribution in [-0.4, -0.2) is 47.1 Å². The minimum Gasteiger partial charge on any atom is -0.354 e. The number of aliphatic imine (C=N–C) groups is 1. The third-order valence-electron chi connectivity index (χ3n) is 5.25. The van der Waals surface area contributed by atoms with Gasteiger partial charge in [0.05, 0.1) is 11.8 Å². The lowest BCUT2D eigenvalue weighted by atomic mass is 9.99. The minimum absolute atomic E-state index is 0.141. The molecule has 3 heterocycles. The zero-order valence-electron chi connectivity index (χ0n) is 16.7. The number of hydrogen-bond acceptors (Lipinski definition) is 6. The van der Waals surface area contributed by atoms with Crippen molar-refractivity contribution in [2.45, 2.75) is 20.0 Å². The summed E-state index contributed by atoms with van der Waals surface area (Å²) < 4.78 is 39.8. The Kier molecular flexibility index (Phi) is 5.38. The van der Waals surface area contributed by atoms with Gasteiger partial charge in [-0.2, -0.15) is 18.3 Å². The standard InChI is InChI=1S/C21H21F3N6/c1-13-16(4-3-5-18(13)21(22,23)24)14(2)28-20-17-10-19(30-8-6-25-7-9-30)26-11-15(17)12-27-29-20/h3-5,10-12,25H,6-9H2,1-2H3/b28-14-. The summed E-state index contributed by atoms with van der Waals surface area (Å²) in [6, 6.07) is 6.02. The van der Waals surface area contributed by atoms with Gasteiger partial charge in [-0.15, -0.1) is 5.10 Å². The molecule has 0 bridgehead atoms. The van der Waals surface area contributed by atoms with E-state index in [9.17, 15) is 13.2 Å². The first kappa shape index (κ1) is 20.2. The molecule has 0 aliphatic carbocycles. The van der Waals surface area contributed by atoms with Crippen molar-refractivity contribution in [3.63, 3.8) is 0 Å². The van der Waals surface area contributed by atoms with E-state index in [-0.39, 0.29) is 5.56 Å². The third-order valence-corrected chi connectivity index (χ3v) is 5.25. The van der Waals surface area contributed by atoms with Crippen molar-refractivity contribution in [2.75, 3.05) is 31.1 Å². The molecule has 3 aromatic rings. The van der Waals surface area contributed by atoms with E-state index in [2.05, 4.69) is 30.4 Å². The van der Waals surface area contributed by atoms with E-state index in [4.69, 9.17) is 0 Å². The van der Waals surface area contributed by atoms with E-state index >= 15 is 0 Å². The molecular formula is C21H21F3N6. The second-order valence-corrected chi connectivity index (χ2v) is 7.21. The largest absolute Gasteiger partial charge is 0.416 e. The normalized spacial score (nSPS) is 15.6. The van der Waals surface area contributed by atoms with Crippen molar-refractivity contribution in [3.05, 3.63) is 53.3 Å². The summed E-state index contributed by atoms with van der Waals surface area (Å²) in [5.74, 6) is 1.18. The maximum Gasteiger partial charge on any atom is 0.416 e. The first-order valence-corrected chi connectivity index (χ1v) is 9.64. The molecule has 0 saturated carbocycles. The number of nitrogens with zero attached hydrogens (tertiary/aromatic N) is 5. The maximum absolute atomic E-state index is 13.3. The Morgan fingerprint density at radius 2 is 1.93 bits per heavy atom. The molecule has 6 nitrogen and oxygen atoms in total. The molecule has 1 saturated heterocycles. The highest BCUT2D eigenvalue weighted by Crippen LogP contribution is 2.33. The Morgan fingerprint density at radius 3 is 2.67 bits per heavy atom. The second-order valence-electron chi connectivity index (χ2n) is 7.21. The Hall–Kier alpha value is -3.07. The van der Waals surface area contributed by atoms with Gasteiger partial charge in [-0.25, -0.2) is 9.98 Å². The molecule has 1 N–H and O–H groups in total. The molecule has 4 rings (SSSR count). The van der Waals surface area contributed by atoms with E-state index in [1.165, 1.54) is 13.0 Å². The third kappa shape index (κ3) is 3.97. The highest BCUT2D eigenvalue weighted by Gasteiger charge is 2.33. The molecule has 9 heteroatoms. The Balaban J connectivity index is 1.77. The van der Waals surface area contributed by atoms with Gasteiger partial charge in [-0.1, -0.05) is 12.1 Å². The van der Waals surface area contributed by atoms with Crippen LogP contribution in [0.3, 0.4) is 0 Å². The molecule has 2 aromatic heterocycles. The molecule has 1 aliphatic rings.